The van der Waals surface area contributed by atoms with E-state index in [1.807, 2.05) is 19.1 Å². The van der Waals surface area contributed by atoms with Crippen molar-refractivity contribution in [3.8, 4) is 5.75 Å². The van der Waals surface area contributed by atoms with Crippen LogP contribution in [-0.2, 0) is 13.0 Å². The molecule has 0 amide bonds. The quantitative estimate of drug-likeness (QED) is 0.861. The molecule has 2 aliphatic heterocycles. The summed E-state index contributed by atoms with van der Waals surface area (Å²) in [6.07, 6.45) is 2.09. The highest BCUT2D eigenvalue weighted by Gasteiger charge is 2.25. The van der Waals surface area contributed by atoms with E-state index >= 15 is 0 Å². The average Bonchev–Trinajstić information content (AvgIpc) is 2.90. The topological polar surface area (TPSA) is 41.5 Å². The Morgan fingerprint density at radius 2 is 2.12 bits per heavy atom. The molecule has 0 aliphatic carbocycles. The van der Waals surface area contributed by atoms with Crippen LogP contribution < -0.4 is 9.64 Å². The number of para-hydroxylation sites is 1. The predicted octanol–water partition coefficient (Wildman–Crippen LogP) is 2.66. The van der Waals surface area contributed by atoms with Crippen molar-refractivity contribution in [2.24, 2.45) is 5.92 Å². The molecule has 1 fully saturated rings. The van der Waals surface area contributed by atoms with Gasteiger partial charge in [-0.3, -0.25) is 0 Å². The maximum Gasteiger partial charge on any atom is 0.135 e. The standard InChI is InChI=1S/C20H26N4O/c1-14-21-18-13-25-19-7-5-4-6-16(19)10-17(18)20(22-14)24(3)12-15-8-9-23(2)11-15/h4-7,15H,8-13H2,1-3H3/t15-/m1/s1. The van der Waals surface area contributed by atoms with Gasteiger partial charge in [-0.2, -0.15) is 0 Å². The van der Waals surface area contributed by atoms with E-state index in [1.165, 1.54) is 30.6 Å². The van der Waals surface area contributed by atoms with Gasteiger partial charge in [0.05, 0.1) is 5.69 Å². The lowest BCUT2D eigenvalue weighted by Crippen LogP contribution is -2.29. The summed E-state index contributed by atoms with van der Waals surface area (Å²) in [5.74, 6) is 3.55. The first-order valence-corrected chi connectivity index (χ1v) is 9.07. The van der Waals surface area contributed by atoms with Gasteiger partial charge in [-0.05, 0) is 44.5 Å². The lowest BCUT2D eigenvalue weighted by atomic mass is 10.0. The van der Waals surface area contributed by atoms with Gasteiger partial charge >= 0.3 is 0 Å². The van der Waals surface area contributed by atoms with Crippen molar-refractivity contribution >= 4 is 5.82 Å². The number of fused-ring (bicyclic) bond motifs is 2. The number of anilines is 1. The summed E-state index contributed by atoms with van der Waals surface area (Å²) in [5.41, 5.74) is 3.45. The summed E-state index contributed by atoms with van der Waals surface area (Å²) >= 11 is 0. The first-order chi connectivity index (χ1) is 12.1. The summed E-state index contributed by atoms with van der Waals surface area (Å²) in [5, 5.41) is 0. The second kappa shape index (κ2) is 6.64. The first kappa shape index (κ1) is 16.3. The van der Waals surface area contributed by atoms with Crippen LogP contribution in [0.15, 0.2) is 24.3 Å². The molecular formula is C20H26N4O. The highest BCUT2D eigenvalue weighted by atomic mass is 16.5. The molecule has 2 aliphatic rings. The molecule has 25 heavy (non-hydrogen) atoms. The third-order valence-electron chi connectivity index (χ3n) is 5.27. The van der Waals surface area contributed by atoms with Crippen LogP contribution in [0.1, 0.15) is 29.1 Å². The second-order valence-electron chi connectivity index (χ2n) is 7.39. The lowest BCUT2D eigenvalue weighted by Gasteiger charge is -2.25. The van der Waals surface area contributed by atoms with Crippen molar-refractivity contribution in [1.82, 2.24) is 14.9 Å². The van der Waals surface area contributed by atoms with Crippen molar-refractivity contribution in [2.45, 2.75) is 26.4 Å². The van der Waals surface area contributed by atoms with Gasteiger partial charge in [0.1, 0.15) is 24.0 Å². The normalized spacial score (nSPS) is 19.7. The number of nitrogens with zero attached hydrogens (tertiary/aromatic N) is 4. The van der Waals surface area contributed by atoms with E-state index in [4.69, 9.17) is 9.72 Å². The smallest absolute Gasteiger partial charge is 0.135 e. The monoisotopic (exact) mass is 338 g/mol. The second-order valence-corrected chi connectivity index (χ2v) is 7.39. The third-order valence-corrected chi connectivity index (χ3v) is 5.27. The number of aromatic nitrogens is 2. The fraction of sp³-hybridized carbons (Fsp3) is 0.500. The maximum atomic E-state index is 6.00. The molecule has 1 aromatic carbocycles. The minimum absolute atomic E-state index is 0.517. The average molecular weight is 338 g/mol. The molecule has 0 radical (unpaired) electrons. The molecule has 5 nitrogen and oxygen atoms in total. The van der Waals surface area contributed by atoms with Gasteiger partial charge in [-0.25, -0.2) is 9.97 Å². The van der Waals surface area contributed by atoms with Crippen molar-refractivity contribution in [3.63, 3.8) is 0 Å². The number of rotatable bonds is 3. The minimum Gasteiger partial charge on any atom is -0.487 e. The first-order valence-electron chi connectivity index (χ1n) is 9.07. The molecule has 0 unspecified atom stereocenters. The molecular weight excluding hydrogens is 312 g/mol. The van der Waals surface area contributed by atoms with Gasteiger partial charge in [-0.15, -0.1) is 0 Å². The summed E-state index contributed by atoms with van der Waals surface area (Å²) in [4.78, 5) is 14.2. The zero-order valence-electron chi connectivity index (χ0n) is 15.3. The zero-order valence-corrected chi connectivity index (χ0v) is 15.3. The van der Waals surface area contributed by atoms with Gasteiger partial charge < -0.3 is 14.5 Å². The van der Waals surface area contributed by atoms with Crippen molar-refractivity contribution in [2.75, 3.05) is 38.6 Å². The van der Waals surface area contributed by atoms with E-state index in [0.717, 1.165) is 36.1 Å². The Kier molecular flexibility index (Phi) is 4.34. The van der Waals surface area contributed by atoms with Crippen LogP contribution in [-0.4, -0.2) is 48.6 Å². The fourth-order valence-corrected chi connectivity index (χ4v) is 4.03. The number of hydrogen-bond acceptors (Lipinski definition) is 5. The molecule has 4 rings (SSSR count). The van der Waals surface area contributed by atoms with E-state index in [2.05, 4.69) is 41.0 Å². The number of hydrogen-bond donors (Lipinski definition) is 0. The van der Waals surface area contributed by atoms with E-state index in [0.29, 0.717) is 12.5 Å². The zero-order chi connectivity index (χ0) is 17.4. The molecule has 0 saturated carbocycles. The summed E-state index contributed by atoms with van der Waals surface area (Å²) in [7, 11) is 4.37. The Bertz CT molecular complexity index is 776. The van der Waals surface area contributed by atoms with Gasteiger partial charge in [0.15, 0.2) is 0 Å². The molecule has 0 spiro atoms. The third kappa shape index (κ3) is 3.33. The number of benzene rings is 1. The molecule has 0 N–H and O–H groups in total. The largest absolute Gasteiger partial charge is 0.487 e. The Hall–Kier alpha value is -2.14. The van der Waals surface area contributed by atoms with E-state index in [9.17, 15) is 0 Å². The van der Waals surface area contributed by atoms with Crippen molar-refractivity contribution in [1.29, 1.82) is 0 Å². The molecule has 1 aromatic heterocycles. The van der Waals surface area contributed by atoms with E-state index in [-0.39, 0.29) is 0 Å². The molecule has 3 heterocycles. The predicted molar refractivity (Wildman–Crippen MR) is 99.2 cm³/mol. The minimum atomic E-state index is 0.517. The Labute approximate surface area is 149 Å². The van der Waals surface area contributed by atoms with E-state index in [1.54, 1.807) is 0 Å². The SMILES string of the molecule is Cc1nc2c(c(N(C)C[C@@H]3CCN(C)C3)n1)Cc1ccccc1OC2. The molecule has 1 atom stereocenters. The van der Waals surface area contributed by atoms with Gasteiger partial charge in [0.2, 0.25) is 0 Å². The molecule has 132 valence electrons. The number of aryl methyl sites for hydroxylation is 1. The molecule has 1 saturated heterocycles. The van der Waals surface area contributed by atoms with Crippen LogP contribution in [0.5, 0.6) is 5.75 Å². The van der Waals surface area contributed by atoms with Crippen LogP contribution in [0.2, 0.25) is 0 Å². The Morgan fingerprint density at radius 3 is 2.92 bits per heavy atom. The maximum absolute atomic E-state index is 6.00. The number of likely N-dealkylation sites (tertiary alicyclic amines) is 1. The lowest BCUT2D eigenvalue weighted by molar-refractivity contribution is 0.301. The van der Waals surface area contributed by atoms with Crippen LogP contribution >= 0.6 is 0 Å². The highest BCUT2D eigenvalue weighted by Crippen LogP contribution is 2.32. The van der Waals surface area contributed by atoms with Gasteiger partial charge in [0.25, 0.3) is 0 Å². The van der Waals surface area contributed by atoms with Crippen molar-refractivity contribution < 1.29 is 4.74 Å². The fourth-order valence-electron chi connectivity index (χ4n) is 4.03. The van der Waals surface area contributed by atoms with E-state index < -0.39 is 0 Å². The molecule has 5 heteroatoms. The van der Waals surface area contributed by atoms with Crippen LogP contribution in [0.4, 0.5) is 5.82 Å². The van der Waals surface area contributed by atoms with Crippen LogP contribution in [0.25, 0.3) is 0 Å². The summed E-state index contributed by atoms with van der Waals surface area (Å²) in [6, 6.07) is 8.27. The van der Waals surface area contributed by atoms with Crippen LogP contribution in [0, 0.1) is 12.8 Å². The Morgan fingerprint density at radius 1 is 1.28 bits per heavy atom. The summed E-state index contributed by atoms with van der Waals surface area (Å²) < 4.78 is 6.00. The van der Waals surface area contributed by atoms with Gasteiger partial charge in [-0.1, -0.05) is 18.2 Å². The molecule has 0 bridgehead atoms. The van der Waals surface area contributed by atoms with Crippen LogP contribution in [0.3, 0.4) is 0 Å². The Balaban J connectivity index is 1.66. The molecule has 2 aromatic rings. The number of ether oxygens (including phenoxy) is 1. The highest BCUT2D eigenvalue weighted by molar-refractivity contribution is 5.53. The van der Waals surface area contributed by atoms with Crippen molar-refractivity contribution in [3.05, 3.63) is 46.9 Å². The summed E-state index contributed by atoms with van der Waals surface area (Å²) in [6.45, 7) is 5.89. The van der Waals surface area contributed by atoms with Gasteiger partial charge in [0, 0.05) is 32.1 Å².